The van der Waals surface area contributed by atoms with Crippen LogP contribution in [0.1, 0.15) is 73.6 Å². The van der Waals surface area contributed by atoms with Crippen LogP contribution in [0.2, 0.25) is 0 Å². The van der Waals surface area contributed by atoms with Gasteiger partial charge in [-0.05, 0) is 64.9 Å². The lowest BCUT2D eigenvalue weighted by Crippen LogP contribution is -2.29. The molecule has 2 atom stereocenters. The molecule has 0 aromatic carbocycles. The van der Waals surface area contributed by atoms with E-state index in [1.54, 1.807) is 6.08 Å². The number of esters is 1. The largest absolute Gasteiger partial charge is 0.455 e. The van der Waals surface area contributed by atoms with Crippen LogP contribution < -0.4 is 0 Å². The normalized spacial score (nSPS) is 24.0. The third kappa shape index (κ3) is 7.20. The van der Waals surface area contributed by atoms with E-state index < -0.39 is 0 Å². The second-order valence-corrected chi connectivity index (χ2v) is 7.29. The zero-order chi connectivity index (χ0) is 17.4. The van der Waals surface area contributed by atoms with Crippen molar-refractivity contribution in [1.82, 2.24) is 0 Å². The highest BCUT2D eigenvalue weighted by molar-refractivity contribution is 5.83. The summed E-state index contributed by atoms with van der Waals surface area (Å²) in [6, 6.07) is 0. The Kier molecular flexibility index (Phi) is 8.36. The lowest BCUT2D eigenvalue weighted by Gasteiger charge is -2.29. The van der Waals surface area contributed by atoms with E-state index in [4.69, 9.17) is 4.74 Å². The van der Waals surface area contributed by atoms with Gasteiger partial charge in [0, 0.05) is 12.0 Å². The van der Waals surface area contributed by atoms with Gasteiger partial charge >= 0.3 is 5.97 Å². The lowest BCUT2D eigenvalue weighted by atomic mass is 9.83. The van der Waals surface area contributed by atoms with Gasteiger partial charge in [0.15, 0.2) is 0 Å². The molecule has 2 heteroatoms. The number of hydrogen-bond donors (Lipinski definition) is 0. The smallest absolute Gasteiger partial charge is 0.331 e. The standard InChI is InChI=1S/C21H34O2/c1-7-16(4)14-21(22)23-20-13-18(6)10-8-9-17(5)11-12-19(20)15(2)3/h9,13-15,19-20H,7-8,10-12H2,1-6H3/t19-,20-/m0/s1. The minimum absolute atomic E-state index is 0.116. The van der Waals surface area contributed by atoms with E-state index in [-0.39, 0.29) is 12.1 Å². The number of carbonyl (C=O) groups is 1. The number of hydrogen-bond acceptors (Lipinski definition) is 2. The summed E-state index contributed by atoms with van der Waals surface area (Å²) in [5.41, 5.74) is 3.84. The van der Waals surface area contributed by atoms with Gasteiger partial charge in [0.25, 0.3) is 0 Å². The Morgan fingerprint density at radius 1 is 1.30 bits per heavy atom. The molecule has 0 fully saturated rings. The maximum absolute atomic E-state index is 12.2. The molecule has 0 aliphatic heterocycles. The van der Waals surface area contributed by atoms with E-state index in [1.807, 2.05) is 6.92 Å². The van der Waals surface area contributed by atoms with Crippen LogP contribution in [0.4, 0.5) is 0 Å². The summed E-state index contributed by atoms with van der Waals surface area (Å²) in [5, 5.41) is 0. The summed E-state index contributed by atoms with van der Waals surface area (Å²) in [6.45, 7) is 12.9. The van der Waals surface area contributed by atoms with Gasteiger partial charge in [-0.2, -0.15) is 0 Å². The molecule has 0 saturated carbocycles. The van der Waals surface area contributed by atoms with Crippen molar-refractivity contribution in [2.75, 3.05) is 0 Å². The molecule has 1 rings (SSSR count). The van der Waals surface area contributed by atoms with Crippen LogP contribution in [0.5, 0.6) is 0 Å². The Bertz CT molecular complexity index is 480. The van der Waals surface area contributed by atoms with Gasteiger partial charge in [-0.1, -0.05) is 43.6 Å². The molecule has 0 unspecified atom stereocenters. The monoisotopic (exact) mass is 318 g/mol. The van der Waals surface area contributed by atoms with Gasteiger partial charge in [0.05, 0.1) is 0 Å². The molecule has 0 saturated heterocycles. The molecule has 1 aliphatic rings. The van der Waals surface area contributed by atoms with Crippen molar-refractivity contribution in [3.63, 3.8) is 0 Å². The first-order valence-corrected chi connectivity index (χ1v) is 9.04. The number of rotatable bonds is 4. The van der Waals surface area contributed by atoms with Gasteiger partial charge in [-0.25, -0.2) is 4.79 Å². The minimum Gasteiger partial charge on any atom is -0.455 e. The fourth-order valence-electron chi connectivity index (χ4n) is 3.00. The Hall–Kier alpha value is -1.31. The predicted molar refractivity (Wildman–Crippen MR) is 98.2 cm³/mol. The van der Waals surface area contributed by atoms with E-state index in [2.05, 4.69) is 46.8 Å². The third-order valence-corrected chi connectivity index (χ3v) is 4.80. The fourth-order valence-corrected chi connectivity index (χ4v) is 3.00. The van der Waals surface area contributed by atoms with Crippen molar-refractivity contribution in [3.05, 3.63) is 34.9 Å². The molecule has 2 nitrogen and oxygen atoms in total. The second kappa shape index (κ2) is 9.75. The van der Waals surface area contributed by atoms with Crippen LogP contribution in [0.15, 0.2) is 34.9 Å². The highest BCUT2D eigenvalue weighted by atomic mass is 16.5. The minimum atomic E-state index is -0.201. The summed E-state index contributed by atoms with van der Waals surface area (Å²) in [7, 11) is 0. The molecule has 0 spiro atoms. The maximum atomic E-state index is 12.2. The van der Waals surface area contributed by atoms with Crippen LogP contribution in [-0.4, -0.2) is 12.1 Å². The Labute approximate surface area is 142 Å². The van der Waals surface area contributed by atoms with Crippen molar-refractivity contribution in [2.45, 2.75) is 79.8 Å². The summed E-state index contributed by atoms with van der Waals surface area (Å²) in [4.78, 5) is 12.2. The SMILES string of the molecule is CCC(C)=CC(=O)O[C@H]1C=C(C)CCC=C(C)CC[C@H]1C(C)C. The Morgan fingerprint density at radius 3 is 2.61 bits per heavy atom. The van der Waals surface area contributed by atoms with Crippen molar-refractivity contribution in [3.8, 4) is 0 Å². The van der Waals surface area contributed by atoms with Crippen LogP contribution in [0, 0.1) is 11.8 Å². The topological polar surface area (TPSA) is 26.3 Å². The first kappa shape index (κ1) is 19.7. The van der Waals surface area contributed by atoms with Gasteiger partial charge in [0.1, 0.15) is 6.10 Å². The van der Waals surface area contributed by atoms with Crippen molar-refractivity contribution < 1.29 is 9.53 Å². The average molecular weight is 319 g/mol. The van der Waals surface area contributed by atoms with Gasteiger partial charge < -0.3 is 4.74 Å². The molecule has 0 radical (unpaired) electrons. The summed E-state index contributed by atoms with van der Waals surface area (Å²) < 4.78 is 5.86. The second-order valence-electron chi connectivity index (χ2n) is 7.29. The molecule has 1 aliphatic carbocycles. The lowest BCUT2D eigenvalue weighted by molar-refractivity contribution is -0.144. The van der Waals surface area contributed by atoms with Crippen LogP contribution in [0.3, 0.4) is 0 Å². The van der Waals surface area contributed by atoms with Crippen molar-refractivity contribution in [1.29, 1.82) is 0 Å². The van der Waals surface area contributed by atoms with Crippen LogP contribution in [0.25, 0.3) is 0 Å². The zero-order valence-corrected chi connectivity index (χ0v) is 15.8. The van der Waals surface area contributed by atoms with Crippen molar-refractivity contribution >= 4 is 5.97 Å². The highest BCUT2D eigenvalue weighted by Crippen LogP contribution is 2.29. The Balaban J connectivity index is 2.99. The third-order valence-electron chi connectivity index (χ3n) is 4.80. The van der Waals surface area contributed by atoms with Gasteiger partial charge in [-0.15, -0.1) is 0 Å². The van der Waals surface area contributed by atoms with E-state index in [1.165, 1.54) is 11.1 Å². The van der Waals surface area contributed by atoms with Crippen LogP contribution >= 0.6 is 0 Å². The average Bonchev–Trinajstić information content (AvgIpc) is 2.46. The van der Waals surface area contributed by atoms with Gasteiger partial charge in [-0.3, -0.25) is 0 Å². The van der Waals surface area contributed by atoms with E-state index in [9.17, 15) is 4.79 Å². The summed E-state index contributed by atoms with van der Waals surface area (Å²) >= 11 is 0. The molecular formula is C21H34O2. The number of ether oxygens (including phenoxy) is 1. The van der Waals surface area contributed by atoms with E-state index in [0.717, 1.165) is 37.7 Å². The first-order chi connectivity index (χ1) is 10.8. The van der Waals surface area contributed by atoms with E-state index in [0.29, 0.717) is 11.8 Å². The molecule has 0 amide bonds. The Morgan fingerprint density at radius 2 is 2.00 bits per heavy atom. The first-order valence-electron chi connectivity index (χ1n) is 9.04. The zero-order valence-electron chi connectivity index (χ0n) is 15.8. The molecular weight excluding hydrogens is 284 g/mol. The van der Waals surface area contributed by atoms with Crippen LogP contribution in [-0.2, 0) is 9.53 Å². The predicted octanol–water partition coefficient (Wildman–Crippen LogP) is 5.99. The molecule has 0 N–H and O–H groups in total. The van der Waals surface area contributed by atoms with Gasteiger partial charge in [0.2, 0.25) is 0 Å². The van der Waals surface area contributed by atoms with E-state index >= 15 is 0 Å². The molecule has 0 aromatic heterocycles. The molecule has 0 heterocycles. The fraction of sp³-hybridized carbons (Fsp3) is 0.667. The maximum Gasteiger partial charge on any atom is 0.331 e. The molecule has 0 bridgehead atoms. The molecule has 0 aromatic rings. The quantitative estimate of drug-likeness (QED) is 0.361. The highest BCUT2D eigenvalue weighted by Gasteiger charge is 2.26. The number of carbonyl (C=O) groups excluding carboxylic acids is 1. The molecule has 130 valence electrons. The summed E-state index contributed by atoms with van der Waals surface area (Å²) in [6.07, 6.45) is 11.2. The molecule has 23 heavy (non-hydrogen) atoms. The number of allylic oxidation sites excluding steroid dienone is 4. The summed E-state index contributed by atoms with van der Waals surface area (Å²) in [5.74, 6) is 0.652. The van der Waals surface area contributed by atoms with Crippen molar-refractivity contribution in [2.24, 2.45) is 11.8 Å².